The molecule has 0 spiro atoms. The van der Waals surface area contributed by atoms with E-state index in [1.807, 2.05) is 0 Å². The highest BCUT2D eigenvalue weighted by Crippen LogP contribution is 2.49. The predicted octanol–water partition coefficient (Wildman–Crippen LogP) is 4.21. The van der Waals surface area contributed by atoms with E-state index in [0.29, 0.717) is 46.7 Å². The van der Waals surface area contributed by atoms with Crippen molar-refractivity contribution >= 4 is 28.5 Å². The summed E-state index contributed by atoms with van der Waals surface area (Å²) in [6, 6.07) is 11.6. The summed E-state index contributed by atoms with van der Waals surface area (Å²) in [5.41, 5.74) is 0.880. The third-order valence-corrected chi connectivity index (χ3v) is 7.51. The fraction of sp³-hybridized carbons (Fsp3) is 0.300. The summed E-state index contributed by atoms with van der Waals surface area (Å²) in [5.74, 6) is -0.438. The summed E-state index contributed by atoms with van der Waals surface area (Å²) in [4.78, 5) is 41.5. The molecule has 0 radical (unpaired) electrons. The van der Waals surface area contributed by atoms with Crippen molar-refractivity contribution in [1.29, 1.82) is 0 Å². The number of carbonyl (C=O) groups excluding carboxylic acids is 2. The summed E-state index contributed by atoms with van der Waals surface area (Å²) in [6.07, 6.45) is 4.15. The number of halogens is 2. The Balaban J connectivity index is 1.16. The topological polar surface area (TPSA) is 97.3 Å². The van der Waals surface area contributed by atoms with Gasteiger partial charge in [-0.25, -0.2) is 23.7 Å². The molecule has 0 unspecified atom stereocenters. The number of rotatable bonds is 9. The van der Waals surface area contributed by atoms with Crippen molar-refractivity contribution in [3.05, 3.63) is 83.7 Å². The number of anilines is 1. The van der Waals surface area contributed by atoms with E-state index in [-0.39, 0.29) is 36.0 Å². The molecule has 2 aromatic carbocycles. The standard InChI is InChI=1S/C30H27F2N5O3/c31-21-4-1-19(2-5-21)16-25(38)30(8-9-30)26(39)17-20-3-6-23(22(32)15-20)40-24-7-10-34-29-28(24)36-27(18-35-29)37-13-11-33-12-14-37/h1-7,10,15,18,33H,8-9,11-14,16-17H2. The SMILES string of the molecule is O=C(Cc1ccc(F)cc1)C1(C(=O)Cc2ccc(Oc3ccnc4ncc(N5CCNCC5)nc34)c(F)c2)CC1. The molecular weight excluding hydrogens is 516 g/mol. The highest BCUT2D eigenvalue weighted by atomic mass is 19.1. The van der Waals surface area contributed by atoms with Crippen LogP contribution in [0.15, 0.2) is 60.9 Å². The molecule has 0 amide bonds. The lowest BCUT2D eigenvalue weighted by atomic mass is 9.88. The van der Waals surface area contributed by atoms with Gasteiger partial charge in [-0.2, -0.15) is 0 Å². The second-order valence-electron chi connectivity index (χ2n) is 10.2. The Hall–Kier alpha value is -4.31. The second kappa shape index (κ2) is 10.7. The Morgan fingerprint density at radius 2 is 1.60 bits per heavy atom. The smallest absolute Gasteiger partial charge is 0.182 e. The second-order valence-corrected chi connectivity index (χ2v) is 10.2. The molecule has 1 N–H and O–H groups in total. The number of aromatic nitrogens is 3. The molecule has 3 heterocycles. The average Bonchev–Trinajstić information content (AvgIpc) is 3.79. The highest BCUT2D eigenvalue weighted by molar-refractivity contribution is 6.10. The van der Waals surface area contributed by atoms with Crippen LogP contribution in [0.5, 0.6) is 11.5 Å². The summed E-state index contributed by atoms with van der Waals surface area (Å²) in [7, 11) is 0. The number of ketones is 2. The molecule has 1 saturated heterocycles. The first-order valence-electron chi connectivity index (χ1n) is 13.3. The quantitative estimate of drug-likeness (QED) is 0.314. The number of nitrogens with zero attached hydrogens (tertiary/aromatic N) is 4. The zero-order chi connectivity index (χ0) is 27.7. The van der Waals surface area contributed by atoms with E-state index in [0.717, 1.165) is 26.2 Å². The molecule has 1 aliphatic heterocycles. The predicted molar refractivity (Wildman–Crippen MR) is 144 cm³/mol. The van der Waals surface area contributed by atoms with Crippen LogP contribution in [0.1, 0.15) is 24.0 Å². The summed E-state index contributed by atoms with van der Waals surface area (Å²) < 4.78 is 34.2. The lowest BCUT2D eigenvalue weighted by molar-refractivity contribution is -0.133. The summed E-state index contributed by atoms with van der Waals surface area (Å²) in [6.45, 7) is 3.29. The van der Waals surface area contributed by atoms with Crippen LogP contribution in [0, 0.1) is 17.0 Å². The first-order valence-corrected chi connectivity index (χ1v) is 13.3. The number of nitrogens with one attached hydrogen (secondary N) is 1. The third-order valence-electron chi connectivity index (χ3n) is 7.51. The zero-order valence-corrected chi connectivity index (χ0v) is 21.7. The fourth-order valence-electron chi connectivity index (χ4n) is 5.02. The molecule has 40 heavy (non-hydrogen) atoms. The number of piperazine rings is 1. The number of fused-ring (bicyclic) bond motifs is 1. The van der Waals surface area contributed by atoms with E-state index in [1.54, 1.807) is 30.5 Å². The van der Waals surface area contributed by atoms with Crippen LogP contribution in [-0.4, -0.2) is 52.7 Å². The van der Waals surface area contributed by atoms with Gasteiger partial charge in [0.2, 0.25) is 0 Å². The van der Waals surface area contributed by atoms with Crippen molar-refractivity contribution in [3.8, 4) is 11.5 Å². The van der Waals surface area contributed by atoms with Crippen LogP contribution in [0.25, 0.3) is 11.2 Å². The maximum atomic E-state index is 15.1. The van der Waals surface area contributed by atoms with Gasteiger partial charge in [0.25, 0.3) is 0 Å². The average molecular weight is 544 g/mol. The third kappa shape index (κ3) is 5.27. The molecule has 1 saturated carbocycles. The lowest BCUT2D eigenvalue weighted by Gasteiger charge is -2.28. The molecule has 4 aromatic rings. The van der Waals surface area contributed by atoms with Crippen molar-refractivity contribution in [2.75, 3.05) is 31.1 Å². The summed E-state index contributed by atoms with van der Waals surface area (Å²) in [5, 5.41) is 3.30. The van der Waals surface area contributed by atoms with Crippen molar-refractivity contribution in [1.82, 2.24) is 20.3 Å². The normalized spacial score (nSPS) is 16.1. The van der Waals surface area contributed by atoms with Crippen LogP contribution in [-0.2, 0) is 22.4 Å². The Morgan fingerprint density at radius 1 is 0.900 bits per heavy atom. The molecule has 1 aliphatic carbocycles. The Morgan fingerprint density at radius 3 is 2.30 bits per heavy atom. The van der Waals surface area contributed by atoms with Gasteiger partial charge in [0, 0.05) is 51.3 Å². The van der Waals surface area contributed by atoms with Gasteiger partial charge in [-0.15, -0.1) is 0 Å². The van der Waals surface area contributed by atoms with Gasteiger partial charge in [-0.05, 0) is 48.2 Å². The van der Waals surface area contributed by atoms with Gasteiger partial charge in [0.15, 0.2) is 40.0 Å². The molecule has 204 valence electrons. The molecule has 10 heteroatoms. The van der Waals surface area contributed by atoms with Crippen molar-refractivity contribution in [2.24, 2.45) is 5.41 Å². The van der Waals surface area contributed by atoms with E-state index < -0.39 is 11.2 Å². The van der Waals surface area contributed by atoms with Crippen molar-refractivity contribution < 1.29 is 23.1 Å². The molecule has 2 aliphatic rings. The minimum atomic E-state index is -1.04. The first-order chi connectivity index (χ1) is 19.4. The van der Waals surface area contributed by atoms with Crippen LogP contribution in [0.4, 0.5) is 14.6 Å². The first kappa shape index (κ1) is 25.9. The van der Waals surface area contributed by atoms with Crippen LogP contribution >= 0.6 is 0 Å². The van der Waals surface area contributed by atoms with Crippen LogP contribution in [0.3, 0.4) is 0 Å². The van der Waals surface area contributed by atoms with Crippen molar-refractivity contribution in [2.45, 2.75) is 25.7 Å². The lowest BCUT2D eigenvalue weighted by Crippen LogP contribution is -2.43. The maximum absolute atomic E-state index is 15.1. The number of hydrogen-bond acceptors (Lipinski definition) is 8. The van der Waals surface area contributed by atoms with E-state index in [4.69, 9.17) is 9.72 Å². The van der Waals surface area contributed by atoms with E-state index in [9.17, 15) is 14.0 Å². The number of hydrogen-bond donors (Lipinski definition) is 1. The van der Waals surface area contributed by atoms with Gasteiger partial charge in [-0.1, -0.05) is 18.2 Å². The minimum absolute atomic E-state index is 0.0217. The minimum Gasteiger partial charge on any atom is -0.452 e. The largest absolute Gasteiger partial charge is 0.452 e. The van der Waals surface area contributed by atoms with Crippen LogP contribution in [0.2, 0.25) is 0 Å². The molecule has 2 aromatic heterocycles. The molecule has 0 atom stereocenters. The van der Waals surface area contributed by atoms with E-state index in [2.05, 4.69) is 20.2 Å². The summed E-state index contributed by atoms with van der Waals surface area (Å²) >= 11 is 0. The number of benzene rings is 2. The number of pyridine rings is 1. The molecule has 2 fully saturated rings. The number of ether oxygens (including phenoxy) is 1. The Labute approximate surface area is 229 Å². The number of carbonyl (C=O) groups is 2. The number of Topliss-reactive ketones (excluding diaryl/α,β-unsaturated/α-hetero) is 2. The Bertz CT molecular complexity index is 1580. The van der Waals surface area contributed by atoms with Gasteiger partial charge >= 0.3 is 0 Å². The zero-order valence-electron chi connectivity index (χ0n) is 21.7. The highest BCUT2D eigenvalue weighted by Gasteiger charge is 2.54. The van der Waals surface area contributed by atoms with Gasteiger partial charge in [0.1, 0.15) is 11.6 Å². The van der Waals surface area contributed by atoms with Gasteiger partial charge in [-0.3, -0.25) is 9.59 Å². The Kier molecular flexibility index (Phi) is 6.93. The monoisotopic (exact) mass is 543 g/mol. The van der Waals surface area contributed by atoms with E-state index in [1.165, 1.54) is 30.5 Å². The molecular formula is C30H27F2N5O3. The van der Waals surface area contributed by atoms with Gasteiger partial charge < -0.3 is 15.0 Å². The maximum Gasteiger partial charge on any atom is 0.182 e. The molecule has 6 rings (SSSR count). The van der Waals surface area contributed by atoms with Crippen molar-refractivity contribution in [3.63, 3.8) is 0 Å². The van der Waals surface area contributed by atoms with Crippen LogP contribution < -0.4 is 15.0 Å². The van der Waals surface area contributed by atoms with E-state index >= 15 is 4.39 Å². The molecule has 8 nitrogen and oxygen atoms in total. The molecule has 0 bridgehead atoms. The van der Waals surface area contributed by atoms with Gasteiger partial charge in [0.05, 0.1) is 11.6 Å². The fourth-order valence-corrected chi connectivity index (χ4v) is 5.02.